The summed E-state index contributed by atoms with van der Waals surface area (Å²) in [5.41, 5.74) is -0.463. The minimum Gasteiger partial charge on any atom is -0.507 e. The first-order valence-corrected chi connectivity index (χ1v) is 6.34. The number of benzene rings is 1. The van der Waals surface area contributed by atoms with Gasteiger partial charge in [0.2, 0.25) is 0 Å². The van der Waals surface area contributed by atoms with Gasteiger partial charge in [-0.2, -0.15) is 0 Å². The molecule has 0 saturated carbocycles. The number of aromatic amines is 1. The second-order valence-electron chi connectivity index (χ2n) is 4.09. The Morgan fingerprint density at radius 2 is 1.90 bits per heavy atom. The monoisotopic (exact) mass is 312 g/mol. The lowest BCUT2D eigenvalue weighted by Crippen LogP contribution is -2.24. The Hall–Kier alpha value is -1.98. The van der Waals surface area contributed by atoms with E-state index in [2.05, 4.69) is 10.3 Å². The number of amides is 1. The van der Waals surface area contributed by atoms with Crippen LogP contribution in [0, 0.1) is 6.92 Å². The average Bonchev–Trinajstić information content (AvgIpc) is 2.32. The van der Waals surface area contributed by atoms with Crippen molar-refractivity contribution in [2.45, 2.75) is 6.92 Å². The van der Waals surface area contributed by atoms with Gasteiger partial charge in [0.05, 0.1) is 15.7 Å². The van der Waals surface area contributed by atoms with Gasteiger partial charge in [-0.15, -0.1) is 0 Å². The summed E-state index contributed by atoms with van der Waals surface area (Å²) in [5, 5.41) is 12.6. The van der Waals surface area contributed by atoms with E-state index in [1.54, 1.807) is 25.1 Å². The number of rotatable bonds is 2. The Bertz CT molecular complexity index is 721. The minimum absolute atomic E-state index is 0.181. The third kappa shape index (κ3) is 2.79. The molecule has 0 fully saturated rings. The van der Waals surface area contributed by atoms with Gasteiger partial charge in [-0.25, -0.2) is 0 Å². The topological polar surface area (TPSA) is 82.2 Å². The molecule has 0 radical (unpaired) electrons. The molecule has 0 bridgehead atoms. The minimum atomic E-state index is -0.793. The molecule has 0 aliphatic heterocycles. The molecule has 1 aromatic carbocycles. The molecule has 0 aliphatic rings. The molecule has 1 amide bonds. The lowest BCUT2D eigenvalue weighted by atomic mass is 10.2. The summed E-state index contributed by atoms with van der Waals surface area (Å²) < 4.78 is 0. The van der Waals surface area contributed by atoms with Crippen LogP contribution in [0.4, 0.5) is 5.69 Å². The third-order valence-corrected chi connectivity index (χ3v) is 3.21. The Morgan fingerprint density at radius 3 is 2.45 bits per heavy atom. The molecule has 0 aliphatic carbocycles. The molecular weight excluding hydrogens is 303 g/mol. The van der Waals surface area contributed by atoms with Crippen LogP contribution in [0.1, 0.15) is 16.1 Å². The van der Waals surface area contributed by atoms with Gasteiger partial charge < -0.3 is 15.4 Å². The summed E-state index contributed by atoms with van der Waals surface area (Å²) in [7, 11) is 0. The number of hydrogen-bond donors (Lipinski definition) is 3. The maximum absolute atomic E-state index is 12.1. The summed E-state index contributed by atoms with van der Waals surface area (Å²) in [4.78, 5) is 26.2. The van der Waals surface area contributed by atoms with Crippen LogP contribution < -0.4 is 10.9 Å². The molecule has 0 spiro atoms. The number of hydrogen-bond acceptors (Lipinski definition) is 3. The smallest absolute Gasteiger partial charge is 0.265 e. The highest BCUT2D eigenvalue weighted by atomic mass is 35.5. The first-order chi connectivity index (χ1) is 9.40. The predicted molar refractivity (Wildman–Crippen MR) is 77.9 cm³/mol. The first-order valence-electron chi connectivity index (χ1n) is 5.58. The zero-order valence-corrected chi connectivity index (χ0v) is 11.8. The van der Waals surface area contributed by atoms with E-state index in [-0.39, 0.29) is 15.7 Å². The molecule has 0 atom stereocenters. The number of aryl methyl sites for hydroxylation is 1. The molecular formula is C13H10Cl2N2O3. The van der Waals surface area contributed by atoms with E-state index in [9.17, 15) is 14.7 Å². The molecule has 104 valence electrons. The highest BCUT2D eigenvalue weighted by Gasteiger charge is 2.18. The number of aromatic hydroxyl groups is 1. The Balaban J connectivity index is 2.42. The molecule has 7 heteroatoms. The van der Waals surface area contributed by atoms with Crippen LogP contribution in [0.5, 0.6) is 5.75 Å². The Kier molecular flexibility index (Phi) is 4.01. The number of halogens is 2. The molecule has 5 nitrogen and oxygen atoms in total. The van der Waals surface area contributed by atoms with Crippen LogP contribution in [0.15, 0.2) is 29.1 Å². The van der Waals surface area contributed by atoms with Gasteiger partial charge in [-0.3, -0.25) is 9.59 Å². The Morgan fingerprint density at radius 1 is 1.30 bits per heavy atom. The van der Waals surface area contributed by atoms with E-state index in [0.29, 0.717) is 5.69 Å². The molecule has 3 N–H and O–H groups in total. The molecule has 2 aromatic rings. The SMILES string of the molecule is Cc1cc(O)c(C(=O)Nc2c(Cl)cccc2Cl)c(=O)[nH]1. The average molecular weight is 313 g/mol. The van der Waals surface area contributed by atoms with Gasteiger partial charge in [0, 0.05) is 5.69 Å². The summed E-state index contributed by atoms with van der Waals surface area (Å²) in [6.07, 6.45) is 0. The van der Waals surface area contributed by atoms with Crippen molar-refractivity contribution in [1.29, 1.82) is 0 Å². The van der Waals surface area contributed by atoms with E-state index in [0.717, 1.165) is 0 Å². The summed E-state index contributed by atoms with van der Waals surface area (Å²) in [6, 6.07) is 5.99. The number of carbonyl (C=O) groups excluding carboxylic acids is 1. The predicted octanol–water partition coefficient (Wildman–Crippen LogP) is 2.95. The number of H-pyrrole nitrogens is 1. The second-order valence-corrected chi connectivity index (χ2v) is 4.91. The van der Waals surface area contributed by atoms with Crippen LogP contribution in [0.25, 0.3) is 0 Å². The lowest BCUT2D eigenvalue weighted by Gasteiger charge is -2.09. The largest absolute Gasteiger partial charge is 0.507 e. The van der Waals surface area contributed by atoms with Crippen molar-refractivity contribution in [2.75, 3.05) is 5.32 Å². The number of aromatic nitrogens is 1. The van der Waals surface area contributed by atoms with Crippen molar-refractivity contribution in [3.05, 3.63) is 55.9 Å². The van der Waals surface area contributed by atoms with Crippen LogP contribution in [0.2, 0.25) is 10.0 Å². The first kappa shape index (κ1) is 14.4. The van der Waals surface area contributed by atoms with Crippen molar-refractivity contribution in [3.63, 3.8) is 0 Å². The fourth-order valence-corrected chi connectivity index (χ4v) is 2.18. The fourth-order valence-electron chi connectivity index (χ4n) is 1.68. The molecule has 1 aromatic heterocycles. The quantitative estimate of drug-likeness (QED) is 0.797. The fraction of sp³-hybridized carbons (Fsp3) is 0.0769. The summed E-state index contributed by atoms with van der Waals surface area (Å²) in [5.74, 6) is -1.20. The summed E-state index contributed by atoms with van der Waals surface area (Å²) in [6.45, 7) is 1.59. The number of carbonyl (C=O) groups is 1. The zero-order chi connectivity index (χ0) is 14.9. The number of nitrogens with one attached hydrogen (secondary N) is 2. The van der Waals surface area contributed by atoms with Crippen molar-refractivity contribution < 1.29 is 9.90 Å². The van der Waals surface area contributed by atoms with Gasteiger partial charge in [0.1, 0.15) is 11.3 Å². The third-order valence-electron chi connectivity index (χ3n) is 2.58. The molecule has 2 rings (SSSR count). The second kappa shape index (κ2) is 5.56. The lowest BCUT2D eigenvalue weighted by molar-refractivity contribution is 0.102. The van der Waals surface area contributed by atoms with E-state index in [1.165, 1.54) is 6.07 Å². The van der Waals surface area contributed by atoms with Gasteiger partial charge >= 0.3 is 0 Å². The van der Waals surface area contributed by atoms with Crippen LogP contribution >= 0.6 is 23.2 Å². The van der Waals surface area contributed by atoms with E-state index in [1.807, 2.05) is 0 Å². The van der Waals surface area contributed by atoms with Crippen molar-refractivity contribution in [1.82, 2.24) is 4.98 Å². The number of pyridine rings is 1. The van der Waals surface area contributed by atoms with Crippen molar-refractivity contribution in [2.24, 2.45) is 0 Å². The molecule has 20 heavy (non-hydrogen) atoms. The summed E-state index contributed by atoms with van der Waals surface area (Å²) >= 11 is 11.8. The van der Waals surface area contributed by atoms with E-state index >= 15 is 0 Å². The maximum atomic E-state index is 12.1. The standard InChI is InChI=1S/C13H10Cl2N2O3/c1-6-5-9(18)10(12(19)16-6)13(20)17-11-7(14)3-2-4-8(11)15/h2-5H,1H3,(H,17,20)(H2,16,18,19). The molecule has 1 heterocycles. The highest BCUT2D eigenvalue weighted by molar-refractivity contribution is 6.40. The van der Waals surface area contributed by atoms with Gasteiger partial charge in [0.25, 0.3) is 11.5 Å². The molecule has 0 unspecified atom stereocenters. The van der Waals surface area contributed by atoms with Gasteiger partial charge in [-0.1, -0.05) is 29.3 Å². The maximum Gasteiger partial charge on any atom is 0.265 e. The van der Waals surface area contributed by atoms with E-state index in [4.69, 9.17) is 23.2 Å². The van der Waals surface area contributed by atoms with Crippen LogP contribution in [-0.4, -0.2) is 16.0 Å². The van der Waals surface area contributed by atoms with Crippen LogP contribution in [0.3, 0.4) is 0 Å². The normalized spacial score (nSPS) is 10.3. The highest BCUT2D eigenvalue weighted by Crippen LogP contribution is 2.30. The van der Waals surface area contributed by atoms with Gasteiger partial charge in [-0.05, 0) is 25.1 Å². The number of anilines is 1. The van der Waals surface area contributed by atoms with E-state index < -0.39 is 22.8 Å². The van der Waals surface area contributed by atoms with Crippen LogP contribution in [-0.2, 0) is 0 Å². The molecule has 0 saturated heterocycles. The van der Waals surface area contributed by atoms with Crippen molar-refractivity contribution >= 4 is 34.8 Å². The number of para-hydroxylation sites is 1. The van der Waals surface area contributed by atoms with Gasteiger partial charge in [0.15, 0.2) is 0 Å². The zero-order valence-electron chi connectivity index (χ0n) is 10.3. The Labute approximate surface area is 124 Å². The van der Waals surface area contributed by atoms with Crippen molar-refractivity contribution in [3.8, 4) is 5.75 Å².